The zero-order valence-electron chi connectivity index (χ0n) is 21.3. The third kappa shape index (κ3) is 8.15. The van der Waals surface area contributed by atoms with Crippen LogP contribution in [0.25, 0.3) is 16.9 Å². The van der Waals surface area contributed by atoms with Gasteiger partial charge in [0.2, 0.25) is 5.91 Å². The van der Waals surface area contributed by atoms with E-state index < -0.39 is 0 Å². The number of halogens is 1. The second-order valence-electron chi connectivity index (χ2n) is 9.64. The lowest BCUT2D eigenvalue weighted by Crippen LogP contribution is -2.30. The minimum Gasteiger partial charge on any atom is -0.375 e. The van der Waals surface area contributed by atoms with E-state index in [0.29, 0.717) is 13.2 Å². The molecule has 3 N–H and O–H groups in total. The standard InChI is InChI=1S/C29H37FN4O2S/c30-24-12-10-22(11-13-24)28-20-25(33-34(28)26-14-16-27(37-31)17-15-26)21-36-19-7-3-1-2-6-18-32-29(35)23-8-4-5-9-23/h10-17,20,23H,1-9,18-19,21,31H2,(H,32,35). The molecule has 1 heterocycles. The molecular formula is C29H37FN4O2S. The van der Waals surface area contributed by atoms with Crippen molar-refractivity contribution in [1.82, 2.24) is 15.1 Å². The van der Waals surface area contributed by atoms with E-state index in [2.05, 4.69) is 5.32 Å². The van der Waals surface area contributed by atoms with Gasteiger partial charge >= 0.3 is 0 Å². The Balaban J connectivity index is 1.20. The fourth-order valence-electron chi connectivity index (χ4n) is 4.77. The Morgan fingerprint density at radius 2 is 1.73 bits per heavy atom. The summed E-state index contributed by atoms with van der Waals surface area (Å²) in [7, 11) is 0. The highest BCUT2D eigenvalue weighted by Crippen LogP contribution is 2.26. The number of carbonyl (C=O) groups excluding carboxylic acids is 1. The van der Waals surface area contributed by atoms with Crippen molar-refractivity contribution >= 4 is 17.9 Å². The Morgan fingerprint density at radius 1 is 1.03 bits per heavy atom. The molecule has 198 valence electrons. The van der Waals surface area contributed by atoms with Gasteiger partial charge in [-0.2, -0.15) is 5.10 Å². The summed E-state index contributed by atoms with van der Waals surface area (Å²) in [6.45, 7) is 1.89. The summed E-state index contributed by atoms with van der Waals surface area (Å²) in [4.78, 5) is 13.0. The van der Waals surface area contributed by atoms with Crippen molar-refractivity contribution in [3.63, 3.8) is 0 Å². The van der Waals surface area contributed by atoms with Crippen LogP contribution in [-0.2, 0) is 16.1 Å². The molecule has 1 aromatic heterocycles. The highest BCUT2D eigenvalue weighted by Gasteiger charge is 2.21. The Hall–Kier alpha value is -2.68. The van der Waals surface area contributed by atoms with Crippen LogP contribution in [0.2, 0.25) is 0 Å². The molecule has 1 fully saturated rings. The summed E-state index contributed by atoms with van der Waals surface area (Å²) >= 11 is 1.20. The molecule has 8 heteroatoms. The maximum absolute atomic E-state index is 13.5. The van der Waals surface area contributed by atoms with E-state index in [1.165, 1.54) is 36.9 Å². The van der Waals surface area contributed by atoms with Crippen LogP contribution in [0.5, 0.6) is 0 Å². The normalized spacial score (nSPS) is 13.8. The summed E-state index contributed by atoms with van der Waals surface area (Å²) in [5, 5.41) is 13.5. The summed E-state index contributed by atoms with van der Waals surface area (Å²) < 4.78 is 21.3. The molecule has 2 aromatic carbocycles. The first-order valence-electron chi connectivity index (χ1n) is 13.3. The van der Waals surface area contributed by atoms with Gasteiger partial charge < -0.3 is 10.1 Å². The zero-order valence-corrected chi connectivity index (χ0v) is 22.1. The van der Waals surface area contributed by atoms with E-state index in [9.17, 15) is 9.18 Å². The maximum Gasteiger partial charge on any atom is 0.223 e. The van der Waals surface area contributed by atoms with E-state index in [0.717, 1.165) is 79.0 Å². The first-order valence-corrected chi connectivity index (χ1v) is 14.2. The van der Waals surface area contributed by atoms with Crippen LogP contribution < -0.4 is 10.5 Å². The van der Waals surface area contributed by atoms with E-state index in [4.69, 9.17) is 15.0 Å². The number of nitrogens with one attached hydrogen (secondary N) is 1. The van der Waals surface area contributed by atoms with Gasteiger partial charge in [-0.15, -0.1) is 0 Å². The van der Waals surface area contributed by atoms with Crippen molar-refractivity contribution in [1.29, 1.82) is 0 Å². The summed E-state index contributed by atoms with van der Waals surface area (Å²) in [5.74, 6) is 0.241. The van der Waals surface area contributed by atoms with Crippen LogP contribution in [0, 0.1) is 11.7 Å². The number of hydrogen-bond acceptors (Lipinski definition) is 5. The minimum absolute atomic E-state index is 0.252. The van der Waals surface area contributed by atoms with Crippen LogP contribution in [0.15, 0.2) is 59.5 Å². The maximum atomic E-state index is 13.5. The topological polar surface area (TPSA) is 82.2 Å². The van der Waals surface area contributed by atoms with Gasteiger partial charge in [-0.05, 0) is 92.2 Å². The predicted octanol–water partition coefficient (Wildman–Crippen LogP) is 6.42. The van der Waals surface area contributed by atoms with Gasteiger partial charge in [0.15, 0.2) is 0 Å². The molecule has 6 nitrogen and oxygen atoms in total. The number of nitrogens with two attached hydrogens (primary N) is 1. The monoisotopic (exact) mass is 524 g/mol. The van der Waals surface area contributed by atoms with Crippen molar-refractivity contribution in [2.75, 3.05) is 13.2 Å². The van der Waals surface area contributed by atoms with Crippen LogP contribution in [0.4, 0.5) is 4.39 Å². The average Bonchev–Trinajstić information content (AvgIpc) is 3.61. The third-order valence-corrected chi connectivity index (χ3v) is 7.40. The van der Waals surface area contributed by atoms with Crippen LogP contribution in [-0.4, -0.2) is 28.8 Å². The number of amides is 1. The van der Waals surface area contributed by atoms with Crippen molar-refractivity contribution in [2.45, 2.75) is 69.3 Å². The molecule has 4 rings (SSSR count). The molecule has 1 amide bonds. The first kappa shape index (κ1) is 27.4. The molecule has 1 aliphatic rings. The van der Waals surface area contributed by atoms with Gasteiger partial charge in [0.1, 0.15) is 5.82 Å². The zero-order chi connectivity index (χ0) is 25.9. The number of ether oxygens (including phenoxy) is 1. The number of aromatic nitrogens is 2. The molecule has 1 aliphatic carbocycles. The lowest BCUT2D eigenvalue weighted by molar-refractivity contribution is -0.124. The van der Waals surface area contributed by atoms with Crippen LogP contribution in [0.3, 0.4) is 0 Å². The molecule has 0 aliphatic heterocycles. The molecule has 3 aromatic rings. The van der Waals surface area contributed by atoms with Crippen LogP contribution in [0.1, 0.15) is 63.5 Å². The molecule has 37 heavy (non-hydrogen) atoms. The number of hydrogen-bond donors (Lipinski definition) is 2. The number of benzene rings is 2. The van der Waals surface area contributed by atoms with Crippen LogP contribution >= 0.6 is 11.9 Å². The SMILES string of the molecule is NSc1ccc(-n2nc(COCCCCCCCNC(=O)C3CCCC3)cc2-c2ccc(F)cc2)cc1. The Morgan fingerprint density at radius 3 is 2.46 bits per heavy atom. The summed E-state index contributed by atoms with van der Waals surface area (Å²) in [6, 6.07) is 16.3. The fraction of sp³-hybridized carbons (Fsp3) is 0.448. The molecule has 0 spiro atoms. The highest BCUT2D eigenvalue weighted by atomic mass is 32.2. The average molecular weight is 525 g/mol. The van der Waals surface area contributed by atoms with E-state index in [1.807, 2.05) is 35.0 Å². The molecule has 0 radical (unpaired) electrons. The second-order valence-corrected chi connectivity index (χ2v) is 10.4. The van der Waals surface area contributed by atoms with Gasteiger partial charge in [-0.1, -0.05) is 32.1 Å². The summed E-state index contributed by atoms with van der Waals surface area (Å²) in [6.07, 6.45) is 9.91. The second kappa shape index (κ2) is 14.3. The smallest absolute Gasteiger partial charge is 0.223 e. The number of unbranched alkanes of at least 4 members (excludes halogenated alkanes) is 4. The van der Waals surface area contributed by atoms with Crippen molar-refractivity contribution < 1.29 is 13.9 Å². The molecule has 0 unspecified atom stereocenters. The van der Waals surface area contributed by atoms with Gasteiger partial charge in [-0.25, -0.2) is 9.07 Å². The van der Waals surface area contributed by atoms with Gasteiger partial charge in [0.25, 0.3) is 0 Å². The quantitative estimate of drug-likeness (QED) is 0.188. The minimum atomic E-state index is -0.267. The molecular weight excluding hydrogens is 487 g/mol. The number of carbonyl (C=O) groups is 1. The lowest BCUT2D eigenvalue weighted by atomic mass is 10.1. The van der Waals surface area contributed by atoms with Crippen molar-refractivity contribution in [2.24, 2.45) is 11.1 Å². The van der Waals surface area contributed by atoms with Crippen molar-refractivity contribution in [3.8, 4) is 16.9 Å². The number of rotatable bonds is 14. The van der Waals surface area contributed by atoms with Gasteiger partial charge in [-0.3, -0.25) is 9.93 Å². The molecule has 1 saturated carbocycles. The van der Waals surface area contributed by atoms with Gasteiger partial charge in [0.05, 0.1) is 23.7 Å². The van der Waals surface area contributed by atoms with E-state index >= 15 is 0 Å². The largest absolute Gasteiger partial charge is 0.375 e. The third-order valence-electron chi connectivity index (χ3n) is 6.86. The number of nitrogens with zero attached hydrogens (tertiary/aromatic N) is 2. The Bertz CT molecular complexity index is 1110. The Kier molecular flexibility index (Phi) is 10.6. The van der Waals surface area contributed by atoms with Gasteiger partial charge in [0, 0.05) is 29.5 Å². The summed E-state index contributed by atoms with van der Waals surface area (Å²) in [5.41, 5.74) is 3.50. The van der Waals surface area contributed by atoms with E-state index in [-0.39, 0.29) is 17.6 Å². The molecule has 0 bridgehead atoms. The fourth-order valence-corrected chi connectivity index (χ4v) is 5.06. The molecule has 0 saturated heterocycles. The predicted molar refractivity (Wildman–Crippen MR) is 147 cm³/mol. The Labute approximate surface area is 223 Å². The lowest BCUT2D eigenvalue weighted by Gasteiger charge is -2.10. The highest BCUT2D eigenvalue weighted by molar-refractivity contribution is 7.97. The first-order chi connectivity index (χ1) is 18.1. The van der Waals surface area contributed by atoms with E-state index in [1.54, 1.807) is 12.1 Å². The molecule has 0 atom stereocenters. The van der Waals surface area contributed by atoms with Crippen molar-refractivity contribution in [3.05, 3.63) is 66.1 Å².